The van der Waals surface area contributed by atoms with Crippen LogP contribution in [-0.2, 0) is 11.3 Å². The van der Waals surface area contributed by atoms with Gasteiger partial charge in [-0.1, -0.05) is 53.6 Å². The largest absolute Gasteiger partial charge is 0.480 e. The van der Waals surface area contributed by atoms with Crippen molar-refractivity contribution < 1.29 is 9.90 Å². The van der Waals surface area contributed by atoms with Gasteiger partial charge >= 0.3 is 5.97 Å². The van der Waals surface area contributed by atoms with Gasteiger partial charge in [-0.3, -0.25) is 14.4 Å². The zero-order valence-corrected chi connectivity index (χ0v) is 21.8. The molecule has 2 saturated heterocycles. The van der Waals surface area contributed by atoms with Crippen LogP contribution >= 0.6 is 23.2 Å². The van der Waals surface area contributed by atoms with Gasteiger partial charge in [0.25, 0.3) is 0 Å². The number of rotatable bonds is 7. The fourth-order valence-electron chi connectivity index (χ4n) is 5.39. The minimum absolute atomic E-state index is 0.103. The van der Waals surface area contributed by atoms with Crippen LogP contribution in [0.2, 0.25) is 10.0 Å². The van der Waals surface area contributed by atoms with Crippen LogP contribution in [0.15, 0.2) is 42.5 Å². The molecule has 3 heterocycles. The van der Waals surface area contributed by atoms with Crippen LogP contribution < -0.4 is 5.32 Å². The molecule has 0 unspecified atom stereocenters. The van der Waals surface area contributed by atoms with Crippen LogP contribution in [-0.4, -0.2) is 58.5 Å². The van der Waals surface area contributed by atoms with E-state index in [0.717, 1.165) is 55.8 Å². The van der Waals surface area contributed by atoms with Gasteiger partial charge in [0.1, 0.15) is 0 Å². The van der Waals surface area contributed by atoms with Crippen LogP contribution in [0.5, 0.6) is 0 Å². The summed E-state index contributed by atoms with van der Waals surface area (Å²) in [7, 11) is 0. The summed E-state index contributed by atoms with van der Waals surface area (Å²) in [5.41, 5.74) is 4.44. The Morgan fingerprint density at radius 3 is 2.56 bits per heavy atom. The zero-order valence-electron chi connectivity index (χ0n) is 20.3. The molecule has 0 aliphatic carbocycles. The van der Waals surface area contributed by atoms with Gasteiger partial charge in [0, 0.05) is 11.3 Å². The second kappa shape index (κ2) is 11.3. The summed E-state index contributed by atoms with van der Waals surface area (Å²) in [6, 6.07) is 12.4. The number of aliphatic carboxylic acids is 1. The lowest BCUT2D eigenvalue weighted by atomic mass is 9.91. The van der Waals surface area contributed by atoms with E-state index in [1.54, 1.807) is 0 Å². The number of piperidine rings is 2. The molecule has 1 aromatic heterocycles. The first-order valence-electron chi connectivity index (χ1n) is 12.7. The van der Waals surface area contributed by atoms with Crippen molar-refractivity contribution in [2.45, 2.75) is 38.1 Å². The van der Waals surface area contributed by atoms with Crippen molar-refractivity contribution in [2.75, 3.05) is 32.7 Å². The van der Waals surface area contributed by atoms with Gasteiger partial charge < -0.3 is 10.4 Å². The predicted molar refractivity (Wildman–Crippen MR) is 146 cm³/mol. The fourth-order valence-corrected chi connectivity index (χ4v) is 5.71. The molecule has 6 nitrogen and oxygen atoms in total. The van der Waals surface area contributed by atoms with Gasteiger partial charge in [-0.05, 0) is 87.1 Å². The van der Waals surface area contributed by atoms with Crippen molar-refractivity contribution in [3.63, 3.8) is 0 Å². The normalized spacial score (nSPS) is 18.4. The second-order valence-corrected chi connectivity index (χ2v) is 10.8. The van der Waals surface area contributed by atoms with Crippen LogP contribution in [0, 0.1) is 5.92 Å². The van der Waals surface area contributed by atoms with E-state index < -0.39 is 5.97 Å². The third-order valence-electron chi connectivity index (χ3n) is 7.40. The molecule has 8 heteroatoms. The summed E-state index contributed by atoms with van der Waals surface area (Å²) in [6.07, 6.45) is 8.77. The first-order valence-corrected chi connectivity index (χ1v) is 13.5. The first-order chi connectivity index (χ1) is 17.5. The highest BCUT2D eigenvalue weighted by Crippen LogP contribution is 2.34. The number of hydrogen-bond donors (Lipinski definition) is 2. The molecule has 0 radical (unpaired) electrons. The van der Waals surface area contributed by atoms with Crippen molar-refractivity contribution in [1.82, 2.24) is 20.0 Å². The number of aromatic nitrogens is 2. The van der Waals surface area contributed by atoms with Crippen molar-refractivity contribution in [2.24, 2.45) is 5.92 Å². The van der Waals surface area contributed by atoms with E-state index in [1.165, 1.54) is 23.8 Å². The number of likely N-dealkylation sites (tertiary alicyclic amines) is 1. The second-order valence-electron chi connectivity index (χ2n) is 9.96. The van der Waals surface area contributed by atoms with Gasteiger partial charge in [-0.15, -0.1) is 0 Å². The topological polar surface area (TPSA) is 70.4 Å². The molecule has 190 valence electrons. The Hall–Kier alpha value is -2.38. The molecule has 0 spiro atoms. The summed E-state index contributed by atoms with van der Waals surface area (Å²) in [4.78, 5) is 13.1. The summed E-state index contributed by atoms with van der Waals surface area (Å²) < 4.78 is 2.08. The highest BCUT2D eigenvalue weighted by atomic mass is 35.5. The van der Waals surface area contributed by atoms with Gasteiger partial charge in [-0.2, -0.15) is 5.10 Å². The van der Waals surface area contributed by atoms with E-state index in [0.29, 0.717) is 28.4 Å². The predicted octanol–water partition coefficient (Wildman–Crippen LogP) is 5.67. The first kappa shape index (κ1) is 25.3. The monoisotopic (exact) mass is 526 g/mol. The number of fused-ring (bicyclic) bond motifs is 1. The van der Waals surface area contributed by atoms with Crippen LogP contribution in [0.3, 0.4) is 0 Å². The van der Waals surface area contributed by atoms with Crippen molar-refractivity contribution in [3.05, 3.63) is 69.3 Å². The molecule has 2 N–H and O–H groups in total. The average molecular weight is 527 g/mol. The molecule has 0 amide bonds. The molecule has 0 atom stereocenters. The molecular formula is C28H32Cl2N4O2. The van der Waals surface area contributed by atoms with Crippen molar-refractivity contribution in [1.29, 1.82) is 0 Å². The van der Waals surface area contributed by atoms with E-state index in [2.05, 4.69) is 40.3 Å². The maximum Gasteiger partial charge on any atom is 0.317 e. The number of carboxylic acid groups (broad SMARTS) is 1. The summed E-state index contributed by atoms with van der Waals surface area (Å²) >= 11 is 12.4. The smallest absolute Gasteiger partial charge is 0.317 e. The number of nitrogens with one attached hydrogen (secondary N) is 1. The Morgan fingerprint density at radius 1 is 1.06 bits per heavy atom. The minimum atomic E-state index is -0.769. The maximum absolute atomic E-state index is 11.1. The number of hydrogen-bond acceptors (Lipinski definition) is 4. The lowest BCUT2D eigenvalue weighted by molar-refractivity contribution is -0.138. The fraction of sp³-hybridized carbons (Fsp3) is 0.429. The Bertz CT molecular complexity index is 1260. The number of carboxylic acids is 1. The van der Waals surface area contributed by atoms with Crippen molar-refractivity contribution in [3.8, 4) is 0 Å². The molecule has 3 aromatic rings. The number of halogens is 2. The standard InChI is InChI=1S/C28H32Cl2N4O2/c29-24-6-4-21(15-25(24)30)17-34-26-16-20(2-1-19-7-11-31-12-8-19)3-5-23(26)28(32-34)22-9-13-33(14-10-22)18-27(35)36/h1-6,15-16,19,22,31H,7-14,17-18H2,(H,35,36)/b2-1+. The minimum Gasteiger partial charge on any atom is -0.480 e. The van der Waals surface area contributed by atoms with Crippen molar-refractivity contribution >= 4 is 46.2 Å². The number of carbonyl (C=O) groups is 1. The van der Waals surface area contributed by atoms with E-state index >= 15 is 0 Å². The van der Waals surface area contributed by atoms with E-state index in [-0.39, 0.29) is 6.54 Å². The summed E-state index contributed by atoms with van der Waals surface area (Å²) in [6.45, 7) is 4.42. The molecule has 0 saturated carbocycles. The highest BCUT2D eigenvalue weighted by Gasteiger charge is 2.26. The molecule has 2 aromatic carbocycles. The molecule has 5 rings (SSSR count). The van der Waals surface area contributed by atoms with Gasteiger partial charge in [0.05, 0.1) is 34.3 Å². The van der Waals surface area contributed by atoms with Gasteiger partial charge in [0.2, 0.25) is 0 Å². The number of nitrogens with zero attached hydrogens (tertiary/aromatic N) is 3. The Morgan fingerprint density at radius 2 is 1.83 bits per heavy atom. The Balaban J connectivity index is 1.45. The Labute approximate surface area is 221 Å². The third kappa shape index (κ3) is 5.94. The van der Waals surface area contributed by atoms with E-state index in [9.17, 15) is 4.79 Å². The Kier molecular flexibility index (Phi) is 7.96. The highest BCUT2D eigenvalue weighted by molar-refractivity contribution is 6.42. The lowest BCUT2D eigenvalue weighted by Gasteiger charge is -2.30. The molecule has 36 heavy (non-hydrogen) atoms. The zero-order chi connectivity index (χ0) is 25.1. The number of allylic oxidation sites excluding steroid dienone is 1. The lowest BCUT2D eigenvalue weighted by Crippen LogP contribution is -2.36. The summed E-state index contributed by atoms with van der Waals surface area (Å²) in [5, 5.41) is 19.9. The van der Waals surface area contributed by atoms with Crippen LogP contribution in [0.1, 0.15) is 48.4 Å². The molecule has 2 fully saturated rings. The average Bonchev–Trinajstić information content (AvgIpc) is 3.23. The SMILES string of the molecule is O=C(O)CN1CCC(c2nn(Cc3ccc(Cl)c(Cl)c3)c3cc(/C=C/C4CCNCC4)ccc23)CC1. The van der Waals surface area contributed by atoms with E-state index in [1.807, 2.05) is 23.1 Å². The molecule has 0 bridgehead atoms. The third-order valence-corrected chi connectivity index (χ3v) is 8.14. The quantitative estimate of drug-likeness (QED) is 0.415. The van der Waals surface area contributed by atoms with Crippen LogP contribution in [0.4, 0.5) is 0 Å². The van der Waals surface area contributed by atoms with E-state index in [4.69, 9.17) is 33.4 Å². The maximum atomic E-state index is 11.1. The molecule has 2 aliphatic rings. The van der Waals surface area contributed by atoms with Gasteiger partial charge in [0.15, 0.2) is 0 Å². The van der Waals surface area contributed by atoms with Crippen LogP contribution in [0.25, 0.3) is 17.0 Å². The van der Waals surface area contributed by atoms with Gasteiger partial charge in [-0.25, -0.2) is 0 Å². The number of benzene rings is 2. The molecular weight excluding hydrogens is 495 g/mol. The summed E-state index contributed by atoms with van der Waals surface area (Å²) in [5.74, 6) is 0.160. The molecule has 2 aliphatic heterocycles.